The molecule has 0 N–H and O–H groups in total. The van der Waals surface area contributed by atoms with Crippen LogP contribution < -0.4 is 0 Å². The minimum atomic E-state index is 0.822. The lowest BCUT2D eigenvalue weighted by atomic mass is 9.85. The SMILES string of the molecule is CN(Cc1cn2c(n1)CN(CC1CCC1)CC2)Cc1ccco1. The number of nitrogens with zero attached hydrogens (tertiary/aromatic N) is 4. The Morgan fingerprint density at radius 2 is 2.22 bits per heavy atom. The van der Waals surface area contributed by atoms with Crippen LogP contribution in [0.2, 0.25) is 0 Å². The highest BCUT2D eigenvalue weighted by Crippen LogP contribution is 2.28. The molecule has 4 rings (SSSR count). The van der Waals surface area contributed by atoms with Crippen molar-refractivity contribution < 1.29 is 4.42 Å². The van der Waals surface area contributed by atoms with E-state index in [0.29, 0.717) is 0 Å². The second-order valence-corrected chi connectivity index (χ2v) is 7.13. The van der Waals surface area contributed by atoms with Crippen molar-refractivity contribution in [2.45, 2.75) is 45.4 Å². The molecule has 3 heterocycles. The maximum atomic E-state index is 5.42. The Hall–Kier alpha value is -1.59. The number of aromatic nitrogens is 2. The van der Waals surface area contributed by atoms with Crippen LogP contribution in [0, 0.1) is 5.92 Å². The molecule has 0 bridgehead atoms. The maximum Gasteiger partial charge on any atom is 0.123 e. The van der Waals surface area contributed by atoms with Gasteiger partial charge < -0.3 is 8.98 Å². The molecule has 124 valence electrons. The van der Waals surface area contributed by atoms with Gasteiger partial charge in [-0.1, -0.05) is 6.42 Å². The summed E-state index contributed by atoms with van der Waals surface area (Å²) in [7, 11) is 2.11. The lowest BCUT2D eigenvalue weighted by Gasteiger charge is -2.34. The number of furan rings is 1. The first-order chi connectivity index (χ1) is 11.3. The Morgan fingerprint density at radius 3 is 2.96 bits per heavy atom. The molecular formula is C18H26N4O. The lowest BCUT2D eigenvalue weighted by molar-refractivity contribution is 0.147. The van der Waals surface area contributed by atoms with Crippen LogP contribution in [0.5, 0.6) is 0 Å². The molecule has 0 radical (unpaired) electrons. The summed E-state index contributed by atoms with van der Waals surface area (Å²) in [5.41, 5.74) is 1.17. The van der Waals surface area contributed by atoms with Gasteiger partial charge in [0.15, 0.2) is 0 Å². The molecule has 1 aliphatic heterocycles. The fraction of sp³-hybridized carbons (Fsp3) is 0.611. The van der Waals surface area contributed by atoms with Gasteiger partial charge in [0.2, 0.25) is 0 Å². The van der Waals surface area contributed by atoms with Gasteiger partial charge in [-0.2, -0.15) is 0 Å². The summed E-state index contributed by atoms with van der Waals surface area (Å²) in [5.74, 6) is 3.18. The molecule has 5 nitrogen and oxygen atoms in total. The van der Waals surface area contributed by atoms with Crippen LogP contribution in [-0.4, -0.2) is 39.5 Å². The molecule has 0 aromatic carbocycles. The number of hydrogen-bond donors (Lipinski definition) is 0. The standard InChI is InChI=1S/C18H26N4O/c1-20(13-17-6-3-9-23-17)11-16-12-22-8-7-21(14-18(22)19-16)10-15-4-2-5-15/h3,6,9,12,15H,2,4-5,7-8,10-11,13-14H2,1H3. The van der Waals surface area contributed by atoms with Crippen molar-refractivity contribution in [1.29, 1.82) is 0 Å². The van der Waals surface area contributed by atoms with Gasteiger partial charge in [-0.3, -0.25) is 9.80 Å². The first kappa shape index (κ1) is 15.0. The van der Waals surface area contributed by atoms with Crippen LogP contribution in [0.3, 0.4) is 0 Å². The van der Waals surface area contributed by atoms with Gasteiger partial charge in [0.05, 0.1) is 25.0 Å². The van der Waals surface area contributed by atoms with E-state index in [-0.39, 0.29) is 0 Å². The van der Waals surface area contributed by atoms with Crippen LogP contribution in [0.1, 0.15) is 36.5 Å². The average molecular weight is 314 g/mol. The van der Waals surface area contributed by atoms with E-state index in [2.05, 4.69) is 27.6 Å². The molecule has 2 aromatic heterocycles. The summed E-state index contributed by atoms with van der Waals surface area (Å²) in [6, 6.07) is 3.96. The zero-order chi connectivity index (χ0) is 15.6. The normalized spacial score (nSPS) is 19.0. The average Bonchev–Trinajstić information content (AvgIpc) is 3.11. The van der Waals surface area contributed by atoms with E-state index in [1.807, 2.05) is 12.1 Å². The van der Waals surface area contributed by atoms with Crippen LogP contribution in [0.4, 0.5) is 0 Å². The van der Waals surface area contributed by atoms with E-state index in [1.54, 1.807) is 6.26 Å². The monoisotopic (exact) mass is 314 g/mol. The minimum Gasteiger partial charge on any atom is -0.468 e. The predicted molar refractivity (Wildman–Crippen MR) is 88.7 cm³/mol. The molecule has 2 aliphatic rings. The highest BCUT2D eigenvalue weighted by Gasteiger charge is 2.24. The molecular weight excluding hydrogens is 288 g/mol. The van der Waals surface area contributed by atoms with Crippen molar-refractivity contribution in [3.8, 4) is 0 Å². The van der Waals surface area contributed by atoms with E-state index in [1.165, 1.54) is 43.9 Å². The number of fused-ring (bicyclic) bond motifs is 1. The molecule has 1 fully saturated rings. The van der Waals surface area contributed by atoms with Gasteiger partial charge in [-0.15, -0.1) is 0 Å². The summed E-state index contributed by atoms with van der Waals surface area (Å²) in [5, 5.41) is 0. The second-order valence-electron chi connectivity index (χ2n) is 7.13. The van der Waals surface area contributed by atoms with Gasteiger partial charge in [-0.05, 0) is 37.9 Å². The molecule has 2 aromatic rings. The third-order valence-electron chi connectivity index (χ3n) is 5.11. The summed E-state index contributed by atoms with van der Waals surface area (Å²) in [6.45, 7) is 6.21. The van der Waals surface area contributed by atoms with Crippen molar-refractivity contribution in [3.05, 3.63) is 41.9 Å². The number of hydrogen-bond acceptors (Lipinski definition) is 4. The fourth-order valence-corrected chi connectivity index (χ4v) is 3.63. The van der Waals surface area contributed by atoms with Crippen LogP contribution in [0.25, 0.3) is 0 Å². The highest BCUT2D eigenvalue weighted by atomic mass is 16.3. The Morgan fingerprint density at radius 1 is 1.30 bits per heavy atom. The van der Waals surface area contributed by atoms with Crippen molar-refractivity contribution in [2.75, 3.05) is 20.1 Å². The first-order valence-corrected chi connectivity index (χ1v) is 8.74. The topological polar surface area (TPSA) is 37.4 Å². The smallest absolute Gasteiger partial charge is 0.123 e. The van der Waals surface area contributed by atoms with E-state index in [4.69, 9.17) is 9.40 Å². The second kappa shape index (κ2) is 6.49. The van der Waals surface area contributed by atoms with Gasteiger partial charge in [0, 0.05) is 32.4 Å². The molecule has 1 saturated carbocycles. The molecule has 5 heteroatoms. The van der Waals surface area contributed by atoms with E-state index in [0.717, 1.165) is 37.9 Å². The Balaban J connectivity index is 1.34. The molecule has 0 spiro atoms. The van der Waals surface area contributed by atoms with Gasteiger partial charge in [0.1, 0.15) is 11.6 Å². The van der Waals surface area contributed by atoms with E-state index < -0.39 is 0 Å². The molecule has 0 amide bonds. The zero-order valence-electron chi connectivity index (χ0n) is 13.9. The number of imidazole rings is 1. The van der Waals surface area contributed by atoms with Gasteiger partial charge >= 0.3 is 0 Å². The highest BCUT2D eigenvalue weighted by molar-refractivity contribution is 5.07. The summed E-state index contributed by atoms with van der Waals surface area (Å²) < 4.78 is 7.76. The maximum absolute atomic E-state index is 5.42. The first-order valence-electron chi connectivity index (χ1n) is 8.74. The van der Waals surface area contributed by atoms with E-state index in [9.17, 15) is 0 Å². The van der Waals surface area contributed by atoms with Crippen molar-refractivity contribution in [2.24, 2.45) is 5.92 Å². The molecule has 23 heavy (non-hydrogen) atoms. The van der Waals surface area contributed by atoms with Crippen LogP contribution in [0.15, 0.2) is 29.0 Å². The summed E-state index contributed by atoms with van der Waals surface area (Å²) in [6.07, 6.45) is 8.24. The predicted octanol–water partition coefficient (Wildman–Crippen LogP) is 2.72. The van der Waals surface area contributed by atoms with Gasteiger partial charge in [-0.25, -0.2) is 4.98 Å². The fourth-order valence-electron chi connectivity index (χ4n) is 3.63. The largest absolute Gasteiger partial charge is 0.468 e. The Kier molecular flexibility index (Phi) is 4.23. The van der Waals surface area contributed by atoms with Crippen molar-refractivity contribution in [1.82, 2.24) is 19.4 Å². The summed E-state index contributed by atoms with van der Waals surface area (Å²) >= 11 is 0. The van der Waals surface area contributed by atoms with Crippen molar-refractivity contribution in [3.63, 3.8) is 0 Å². The zero-order valence-corrected chi connectivity index (χ0v) is 13.9. The molecule has 0 atom stereocenters. The third kappa shape index (κ3) is 3.51. The molecule has 0 saturated heterocycles. The Bertz CT molecular complexity index is 629. The van der Waals surface area contributed by atoms with Crippen LogP contribution in [-0.2, 0) is 26.2 Å². The number of rotatable bonds is 6. The Labute approximate surface area is 137 Å². The van der Waals surface area contributed by atoms with Crippen molar-refractivity contribution >= 4 is 0 Å². The lowest BCUT2D eigenvalue weighted by Crippen LogP contribution is -2.38. The molecule has 1 aliphatic carbocycles. The summed E-state index contributed by atoms with van der Waals surface area (Å²) in [4.78, 5) is 9.71. The molecule has 0 unspecified atom stereocenters. The minimum absolute atomic E-state index is 0.822. The van der Waals surface area contributed by atoms with E-state index >= 15 is 0 Å². The third-order valence-corrected chi connectivity index (χ3v) is 5.11. The van der Waals surface area contributed by atoms with Gasteiger partial charge in [0.25, 0.3) is 0 Å². The quantitative estimate of drug-likeness (QED) is 0.821. The van der Waals surface area contributed by atoms with Crippen LogP contribution >= 0.6 is 0 Å².